The summed E-state index contributed by atoms with van der Waals surface area (Å²) in [6.07, 6.45) is 2.00. The lowest BCUT2D eigenvalue weighted by molar-refractivity contribution is -0.120. The SMILES string of the molecule is CC(=O)N[C@H](CC(=O)Nc1ccc(S(=O)(=O)N2CCC[C@H](C)C2)cc1)c1cccs1. The lowest BCUT2D eigenvalue weighted by Crippen LogP contribution is -2.39. The van der Waals surface area contributed by atoms with Crippen LogP contribution in [0.5, 0.6) is 0 Å². The van der Waals surface area contributed by atoms with Gasteiger partial charge in [-0.2, -0.15) is 4.31 Å². The molecule has 0 radical (unpaired) electrons. The van der Waals surface area contributed by atoms with Crippen molar-refractivity contribution in [3.8, 4) is 0 Å². The summed E-state index contributed by atoms with van der Waals surface area (Å²) in [4.78, 5) is 25.1. The number of hydrogen-bond donors (Lipinski definition) is 2. The standard InChI is InChI=1S/C21H27N3O4S2/c1-15-5-3-11-24(14-15)30(27,28)18-9-7-17(8-10-18)23-21(26)13-19(22-16(2)25)20-6-4-12-29-20/h4,6-10,12,15,19H,3,5,11,13-14H2,1-2H3,(H,22,25)(H,23,26)/t15-,19+/m0/s1. The highest BCUT2D eigenvalue weighted by molar-refractivity contribution is 7.89. The maximum Gasteiger partial charge on any atom is 0.243 e. The highest BCUT2D eigenvalue weighted by Crippen LogP contribution is 2.25. The van der Waals surface area contributed by atoms with Crippen molar-refractivity contribution in [2.24, 2.45) is 5.92 Å². The van der Waals surface area contributed by atoms with Gasteiger partial charge in [-0.05, 0) is 54.5 Å². The van der Waals surface area contributed by atoms with E-state index in [0.717, 1.165) is 17.7 Å². The fourth-order valence-corrected chi connectivity index (χ4v) is 5.96. The molecule has 0 unspecified atom stereocenters. The quantitative estimate of drug-likeness (QED) is 0.677. The summed E-state index contributed by atoms with van der Waals surface area (Å²) in [5, 5.41) is 7.47. The minimum atomic E-state index is -3.53. The molecule has 9 heteroatoms. The molecule has 1 aliphatic heterocycles. The average molecular weight is 450 g/mol. The number of nitrogens with one attached hydrogen (secondary N) is 2. The fraction of sp³-hybridized carbons (Fsp3) is 0.429. The third-order valence-electron chi connectivity index (χ3n) is 5.05. The molecule has 1 aliphatic rings. The van der Waals surface area contributed by atoms with E-state index in [1.807, 2.05) is 17.5 Å². The molecule has 1 aromatic heterocycles. The molecule has 2 atom stereocenters. The number of hydrogen-bond acceptors (Lipinski definition) is 5. The number of thiophene rings is 1. The maximum atomic E-state index is 12.8. The number of rotatable bonds is 7. The van der Waals surface area contributed by atoms with Crippen LogP contribution in [0.25, 0.3) is 0 Å². The van der Waals surface area contributed by atoms with Crippen molar-refractivity contribution in [2.75, 3.05) is 18.4 Å². The second-order valence-electron chi connectivity index (χ2n) is 7.66. The van der Waals surface area contributed by atoms with E-state index in [4.69, 9.17) is 0 Å². The van der Waals surface area contributed by atoms with E-state index in [1.165, 1.54) is 34.7 Å². The largest absolute Gasteiger partial charge is 0.348 e. The third kappa shape index (κ3) is 5.68. The van der Waals surface area contributed by atoms with E-state index < -0.39 is 16.1 Å². The zero-order valence-electron chi connectivity index (χ0n) is 17.1. The Balaban J connectivity index is 1.64. The first-order valence-electron chi connectivity index (χ1n) is 9.96. The van der Waals surface area contributed by atoms with Crippen LogP contribution < -0.4 is 10.6 Å². The Kier molecular flexibility index (Phi) is 7.27. The first kappa shape index (κ1) is 22.5. The van der Waals surface area contributed by atoms with Gasteiger partial charge in [0.15, 0.2) is 0 Å². The van der Waals surface area contributed by atoms with E-state index in [-0.39, 0.29) is 23.1 Å². The minimum absolute atomic E-state index is 0.0891. The number of anilines is 1. The summed E-state index contributed by atoms with van der Waals surface area (Å²) in [5.74, 6) is -0.114. The van der Waals surface area contributed by atoms with Crippen molar-refractivity contribution in [1.29, 1.82) is 0 Å². The molecule has 0 spiro atoms. The average Bonchev–Trinajstić information content (AvgIpc) is 3.22. The van der Waals surface area contributed by atoms with Crippen molar-refractivity contribution >= 4 is 38.9 Å². The fourth-order valence-electron chi connectivity index (χ4n) is 3.58. The number of sulfonamides is 1. The summed E-state index contributed by atoms with van der Waals surface area (Å²) >= 11 is 1.47. The van der Waals surface area contributed by atoms with Gasteiger partial charge in [-0.1, -0.05) is 13.0 Å². The van der Waals surface area contributed by atoms with Crippen molar-refractivity contribution in [3.63, 3.8) is 0 Å². The van der Waals surface area contributed by atoms with Crippen LogP contribution in [0.4, 0.5) is 5.69 Å². The zero-order valence-corrected chi connectivity index (χ0v) is 18.8. The molecule has 2 N–H and O–H groups in total. The van der Waals surface area contributed by atoms with E-state index in [0.29, 0.717) is 24.7 Å². The summed E-state index contributed by atoms with van der Waals surface area (Å²) < 4.78 is 27.2. The number of benzene rings is 1. The molecule has 3 rings (SSSR count). The number of carbonyl (C=O) groups excluding carboxylic acids is 2. The highest BCUT2D eigenvalue weighted by Gasteiger charge is 2.28. The minimum Gasteiger partial charge on any atom is -0.348 e. The van der Waals surface area contributed by atoms with Crippen molar-refractivity contribution < 1.29 is 18.0 Å². The second-order valence-corrected chi connectivity index (χ2v) is 10.6. The van der Waals surface area contributed by atoms with E-state index >= 15 is 0 Å². The maximum absolute atomic E-state index is 12.8. The van der Waals surface area contributed by atoms with E-state index in [9.17, 15) is 18.0 Å². The van der Waals surface area contributed by atoms with Crippen LogP contribution in [0, 0.1) is 5.92 Å². The van der Waals surface area contributed by atoms with E-state index in [2.05, 4.69) is 17.6 Å². The third-order valence-corrected chi connectivity index (χ3v) is 7.91. The van der Waals surface area contributed by atoms with Gasteiger partial charge >= 0.3 is 0 Å². The van der Waals surface area contributed by atoms with E-state index in [1.54, 1.807) is 12.1 Å². The van der Waals surface area contributed by atoms with Gasteiger partial charge in [0.2, 0.25) is 21.8 Å². The van der Waals surface area contributed by atoms with Crippen LogP contribution in [0.15, 0.2) is 46.7 Å². The Bertz CT molecular complexity index is 972. The van der Waals surface area contributed by atoms with Gasteiger partial charge in [-0.15, -0.1) is 11.3 Å². The van der Waals surface area contributed by atoms with Crippen LogP contribution in [0.1, 0.15) is 44.0 Å². The van der Waals surface area contributed by atoms with Crippen LogP contribution in [0.2, 0.25) is 0 Å². The van der Waals surface area contributed by atoms with Crippen LogP contribution >= 0.6 is 11.3 Å². The molecule has 1 saturated heterocycles. The summed E-state index contributed by atoms with van der Waals surface area (Å²) in [7, 11) is -3.53. The molecule has 2 heterocycles. The monoisotopic (exact) mass is 449 g/mol. The Labute approximate surface area is 181 Å². The summed E-state index contributed by atoms with van der Waals surface area (Å²) in [6, 6.07) is 9.58. The van der Waals surface area contributed by atoms with Crippen molar-refractivity contribution in [3.05, 3.63) is 46.7 Å². The van der Waals surface area contributed by atoms with Crippen molar-refractivity contribution in [1.82, 2.24) is 9.62 Å². The first-order valence-corrected chi connectivity index (χ1v) is 12.3. The molecule has 7 nitrogen and oxygen atoms in total. The van der Waals surface area contributed by atoms with Crippen LogP contribution in [-0.4, -0.2) is 37.6 Å². The topological polar surface area (TPSA) is 95.6 Å². The second kappa shape index (κ2) is 9.72. The van der Waals surface area contributed by atoms with Gasteiger partial charge in [0.1, 0.15) is 0 Å². The van der Waals surface area contributed by atoms with Gasteiger partial charge < -0.3 is 10.6 Å². The predicted octanol–water partition coefficient (Wildman–Crippen LogP) is 3.37. The first-order chi connectivity index (χ1) is 14.3. The zero-order chi connectivity index (χ0) is 21.7. The molecule has 2 aromatic rings. The lowest BCUT2D eigenvalue weighted by atomic mass is 10.0. The van der Waals surface area contributed by atoms with Gasteiger partial charge in [-0.25, -0.2) is 8.42 Å². The normalized spacial score (nSPS) is 18.5. The molecule has 0 bridgehead atoms. The number of nitrogens with zero attached hydrogens (tertiary/aromatic N) is 1. The molecule has 30 heavy (non-hydrogen) atoms. The van der Waals surface area contributed by atoms with Gasteiger partial charge in [-0.3, -0.25) is 9.59 Å². The molecule has 0 saturated carbocycles. The predicted molar refractivity (Wildman–Crippen MR) is 118 cm³/mol. The Hall–Kier alpha value is -2.23. The van der Waals surface area contributed by atoms with Gasteiger partial charge in [0, 0.05) is 30.6 Å². The number of piperidine rings is 1. The summed E-state index contributed by atoms with van der Waals surface area (Å²) in [6.45, 7) is 4.55. The highest BCUT2D eigenvalue weighted by atomic mass is 32.2. The molecule has 2 amide bonds. The molecule has 1 fully saturated rings. The Morgan fingerprint density at radius 1 is 1.23 bits per heavy atom. The number of carbonyl (C=O) groups is 2. The van der Waals surface area contributed by atoms with Crippen molar-refractivity contribution in [2.45, 2.75) is 44.0 Å². The van der Waals surface area contributed by atoms with Crippen LogP contribution in [-0.2, 0) is 19.6 Å². The van der Waals surface area contributed by atoms with Gasteiger partial charge in [0.05, 0.1) is 17.4 Å². The van der Waals surface area contributed by atoms with Gasteiger partial charge in [0.25, 0.3) is 0 Å². The lowest BCUT2D eigenvalue weighted by Gasteiger charge is -2.30. The number of amides is 2. The molecule has 1 aromatic carbocycles. The molecule has 162 valence electrons. The Morgan fingerprint density at radius 3 is 2.57 bits per heavy atom. The Morgan fingerprint density at radius 2 is 1.97 bits per heavy atom. The summed E-state index contributed by atoms with van der Waals surface area (Å²) in [5.41, 5.74) is 0.513. The molecular formula is C21H27N3O4S2. The molecular weight excluding hydrogens is 422 g/mol. The van der Waals surface area contributed by atoms with Crippen LogP contribution in [0.3, 0.4) is 0 Å². The molecule has 0 aliphatic carbocycles. The smallest absolute Gasteiger partial charge is 0.243 e.